The van der Waals surface area contributed by atoms with E-state index in [1.807, 2.05) is 29.1 Å². The number of aryl methyl sites for hydroxylation is 1. The number of hydrogen-bond acceptors (Lipinski definition) is 3. The standard InChI is InChI=1S/C18H21N5O/c1-2-3-10-23-17(18(8-9-18)16(19)24)21-15(22-23)13-11-20-14-7-5-4-6-12(13)14/h4-7,11,20H,2-3,8-10H2,1H3,(H2,19,24). The van der Waals surface area contributed by atoms with E-state index in [0.717, 1.165) is 54.5 Å². The van der Waals surface area contributed by atoms with Crippen LogP contribution >= 0.6 is 0 Å². The Labute approximate surface area is 140 Å². The Balaban J connectivity index is 1.82. The zero-order valence-corrected chi connectivity index (χ0v) is 13.7. The Kier molecular flexibility index (Phi) is 3.40. The number of unbranched alkanes of at least 4 members (excludes halogenated alkanes) is 1. The van der Waals surface area contributed by atoms with E-state index in [4.69, 9.17) is 15.8 Å². The second-order valence-electron chi connectivity index (χ2n) is 6.53. The average molecular weight is 323 g/mol. The van der Waals surface area contributed by atoms with Crippen molar-refractivity contribution < 1.29 is 4.79 Å². The number of rotatable bonds is 6. The Hall–Kier alpha value is -2.63. The zero-order valence-electron chi connectivity index (χ0n) is 13.7. The van der Waals surface area contributed by atoms with E-state index in [0.29, 0.717) is 5.82 Å². The predicted molar refractivity (Wildman–Crippen MR) is 92.3 cm³/mol. The number of hydrogen-bond donors (Lipinski definition) is 2. The van der Waals surface area contributed by atoms with Crippen molar-refractivity contribution in [3.63, 3.8) is 0 Å². The highest BCUT2D eigenvalue weighted by Crippen LogP contribution is 2.47. The van der Waals surface area contributed by atoms with Gasteiger partial charge in [-0.1, -0.05) is 31.5 Å². The molecule has 4 rings (SSSR count). The summed E-state index contributed by atoms with van der Waals surface area (Å²) < 4.78 is 1.89. The molecule has 0 aliphatic heterocycles. The van der Waals surface area contributed by atoms with Crippen molar-refractivity contribution in [2.75, 3.05) is 0 Å². The molecule has 6 heteroatoms. The van der Waals surface area contributed by atoms with E-state index in [-0.39, 0.29) is 5.91 Å². The molecule has 0 bridgehead atoms. The van der Waals surface area contributed by atoms with Crippen LogP contribution in [0, 0.1) is 0 Å². The second-order valence-corrected chi connectivity index (χ2v) is 6.53. The molecule has 1 saturated carbocycles. The molecule has 1 amide bonds. The van der Waals surface area contributed by atoms with E-state index >= 15 is 0 Å². The number of amides is 1. The van der Waals surface area contributed by atoms with Crippen molar-refractivity contribution in [1.82, 2.24) is 19.7 Å². The van der Waals surface area contributed by atoms with Crippen LogP contribution in [0.5, 0.6) is 0 Å². The van der Waals surface area contributed by atoms with Crippen LogP contribution in [-0.4, -0.2) is 25.7 Å². The highest BCUT2D eigenvalue weighted by atomic mass is 16.1. The monoisotopic (exact) mass is 323 g/mol. The lowest BCUT2D eigenvalue weighted by atomic mass is 10.1. The summed E-state index contributed by atoms with van der Waals surface area (Å²) in [5, 5.41) is 5.79. The van der Waals surface area contributed by atoms with Crippen molar-refractivity contribution >= 4 is 16.8 Å². The molecule has 124 valence electrons. The Morgan fingerprint density at radius 2 is 2.17 bits per heavy atom. The van der Waals surface area contributed by atoms with Gasteiger partial charge in [-0.15, -0.1) is 0 Å². The van der Waals surface area contributed by atoms with E-state index in [9.17, 15) is 4.79 Å². The number of primary amides is 1. The maximum atomic E-state index is 12.0. The van der Waals surface area contributed by atoms with Gasteiger partial charge < -0.3 is 10.7 Å². The molecule has 24 heavy (non-hydrogen) atoms. The maximum Gasteiger partial charge on any atom is 0.231 e. The van der Waals surface area contributed by atoms with Crippen molar-refractivity contribution in [3.8, 4) is 11.4 Å². The number of aromatic nitrogens is 4. The average Bonchev–Trinajstić information content (AvgIpc) is 3.12. The molecule has 2 aromatic heterocycles. The SMILES string of the molecule is CCCCn1nc(-c2c[nH]c3ccccc23)nc1C1(C(N)=O)CC1. The minimum absolute atomic E-state index is 0.293. The van der Waals surface area contributed by atoms with Gasteiger partial charge in [-0.2, -0.15) is 5.10 Å². The normalized spacial score (nSPS) is 15.7. The van der Waals surface area contributed by atoms with E-state index in [1.54, 1.807) is 0 Å². The molecule has 3 N–H and O–H groups in total. The van der Waals surface area contributed by atoms with Gasteiger partial charge in [0.1, 0.15) is 11.2 Å². The smallest absolute Gasteiger partial charge is 0.231 e. The summed E-state index contributed by atoms with van der Waals surface area (Å²) in [6.07, 6.45) is 5.52. The molecule has 6 nitrogen and oxygen atoms in total. The summed E-state index contributed by atoms with van der Waals surface area (Å²) >= 11 is 0. The van der Waals surface area contributed by atoms with Crippen LogP contribution in [0.1, 0.15) is 38.4 Å². The molecule has 1 fully saturated rings. The van der Waals surface area contributed by atoms with Gasteiger partial charge >= 0.3 is 0 Å². The third kappa shape index (κ3) is 2.21. The first-order valence-electron chi connectivity index (χ1n) is 8.47. The van der Waals surface area contributed by atoms with Crippen molar-refractivity contribution in [2.45, 2.75) is 44.6 Å². The molecule has 1 aliphatic carbocycles. The molecule has 0 spiro atoms. The second kappa shape index (κ2) is 5.47. The molecule has 2 heterocycles. The molecule has 1 aliphatic rings. The van der Waals surface area contributed by atoms with Crippen LogP contribution in [0.3, 0.4) is 0 Å². The number of nitrogens with zero attached hydrogens (tertiary/aromatic N) is 3. The highest BCUT2D eigenvalue weighted by molar-refractivity contribution is 5.94. The fourth-order valence-electron chi connectivity index (χ4n) is 3.24. The van der Waals surface area contributed by atoms with Gasteiger partial charge in [0, 0.05) is 29.2 Å². The highest BCUT2D eigenvalue weighted by Gasteiger charge is 2.54. The number of nitrogens with two attached hydrogens (primary N) is 1. The Morgan fingerprint density at radius 1 is 1.38 bits per heavy atom. The fourth-order valence-corrected chi connectivity index (χ4v) is 3.24. The van der Waals surface area contributed by atoms with Gasteiger partial charge in [0.05, 0.1) is 0 Å². The van der Waals surface area contributed by atoms with Gasteiger partial charge in [0.15, 0.2) is 5.82 Å². The van der Waals surface area contributed by atoms with E-state index < -0.39 is 5.41 Å². The van der Waals surface area contributed by atoms with Crippen molar-refractivity contribution in [1.29, 1.82) is 0 Å². The summed E-state index contributed by atoms with van der Waals surface area (Å²) in [7, 11) is 0. The summed E-state index contributed by atoms with van der Waals surface area (Å²) in [6.45, 7) is 2.90. The zero-order chi connectivity index (χ0) is 16.7. The largest absolute Gasteiger partial charge is 0.369 e. The Morgan fingerprint density at radius 3 is 2.88 bits per heavy atom. The van der Waals surface area contributed by atoms with E-state index in [2.05, 4.69) is 18.0 Å². The number of carbonyl (C=O) groups excluding carboxylic acids is 1. The number of nitrogens with one attached hydrogen (secondary N) is 1. The fraction of sp³-hybridized carbons (Fsp3) is 0.389. The number of aromatic amines is 1. The van der Waals surface area contributed by atoms with Gasteiger partial charge in [0.25, 0.3) is 0 Å². The van der Waals surface area contributed by atoms with Crippen LogP contribution < -0.4 is 5.73 Å². The minimum atomic E-state index is -0.620. The van der Waals surface area contributed by atoms with Gasteiger partial charge in [0.2, 0.25) is 5.91 Å². The van der Waals surface area contributed by atoms with Crippen LogP contribution in [0.2, 0.25) is 0 Å². The number of fused-ring (bicyclic) bond motifs is 1. The van der Waals surface area contributed by atoms with Gasteiger partial charge in [-0.05, 0) is 25.3 Å². The summed E-state index contributed by atoms with van der Waals surface area (Å²) in [5.74, 6) is 1.09. The first kappa shape index (κ1) is 14.9. The molecule has 1 aromatic carbocycles. The maximum absolute atomic E-state index is 12.0. The minimum Gasteiger partial charge on any atom is -0.369 e. The lowest BCUT2D eigenvalue weighted by Crippen LogP contribution is -2.31. The summed E-state index contributed by atoms with van der Waals surface area (Å²) in [5.41, 5.74) is 7.05. The summed E-state index contributed by atoms with van der Waals surface area (Å²) in [4.78, 5) is 20.0. The number of para-hydroxylation sites is 1. The molecule has 0 radical (unpaired) electrons. The van der Waals surface area contributed by atoms with Crippen LogP contribution in [0.25, 0.3) is 22.3 Å². The van der Waals surface area contributed by atoms with Crippen LogP contribution in [0.15, 0.2) is 30.5 Å². The molecular formula is C18H21N5O. The third-order valence-corrected chi connectivity index (χ3v) is 4.88. The third-order valence-electron chi connectivity index (χ3n) is 4.88. The first-order valence-corrected chi connectivity index (χ1v) is 8.47. The lowest BCUT2D eigenvalue weighted by molar-refractivity contribution is -0.120. The molecule has 0 unspecified atom stereocenters. The van der Waals surface area contributed by atoms with Crippen LogP contribution in [0.4, 0.5) is 0 Å². The number of carbonyl (C=O) groups is 1. The van der Waals surface area contributed by atoms with Gasteiger partial charge in [-0.25, -0.2) is 9.67 Å². The number of benzene rings is 1. The summed E-state index contributed by atoms with van der Waals surface area (Å²) in [6, 6.07) is 8.07. The van der Waals surface area contributed by atoms with Crippen LogP contribution in [-0.2, 0) is 16.8 Å². The quantitative estimate of drug-likeness (QED) is 0.731. The molecule has 3 aromatic rings. The first-order chi connectivity index (χ1) is 11.7. The molecular weight excluding hydrogens is 302 g/mol. The van der Waals surface area contributed by atoms with Crippen molar-refractivity contribution in [2.24, 2.45) is 5.73 Å². The van der Waals surface area contributed by atoms with Gasteiger partial charge in [-0.3, -0.25) is 4.79 Å². The van der Waals surface area contributed by atoms with E-state index in [1.165, 1.54) is 0 Å². The predicted octanol–water partition coefficient (Wildman–Crippen LogP) is 2.74. The Bertz CT molecular complexity index is 903. The number of H-pyrrole nitrogens is 1. The topological polar surface area (TPSA) is 89.6 Å². The molecule has 0 saturated heterocycles. The molecule has 0 atom stereocenters. The van der Waals surface area contributed by atoms with Crippen molar-refractivity contribution in [3.05, 3.63) is 36.3 Å². The lowest BCUT2D eigenvalue weighted by Gasteiger charge is -2.11.